The van der Waals surface area contributed by atoms with Crippen molar-refractivity contribution in [2.75, 3.05) is 20.2 Å². The molecule has 5 nitrogen and oxygen atoms in total. The summed E-state index contributed by atoms with van der Waals surface area (Å²) in [5, 5.41) is 15.2. The summed E-state index contributed by atoms with van der Waals surface area (Å²) in [6.45, 7) is 1.76. The van der Waals surface area contributed by atoms with Gasteiger partial charge in [-0.2, -0.15) is 5.26 Å². The molecule has 0 heterocycles. The van der Waals surface area contributed by atoms with Crippen molar-refractivity contribution < 1.29 is 9.13 Å². The molecule has 1 saturated carbocycles. The Morgan fingerprint density at radius 3 is 2.77 bits per heavy atom. The minimum Gasteiger partial charge on any atom is -0.378 e. The Morgan fingerprint density at radius 2 is 2.08 bits per heavy atom. The lowest BCUT2D eigenvalue weighted by Crippen LogP contribution is -2.37. The van der Waals surface area contributed by atoms with Gasteiger partial charge < -0.3 is 15.4 Å². The fraction of sp³-hybridized carbons (Fsp3) is 0.579. The minimum atomic E-state index is -0.331. The maximum atomic E-state index is 13.8. The van der Waals surface area contributed by atoms with Crippen molar-refractivity contribution in [1.29, 1.82) is 5.26 Å². The van der Waals surface area contributed by atoms with E-state index in [1.807, 2.05) is 6.07 Å². The number of aliphatic imine (C=N–C) groups is 1. The van der Waals surface area contributed by atoms with Crippen molar-refractivity contribution >= 4 is 29.9 Å². The maximum absolute atomic E-state index is 13.8. The van der Waals surface area contributed by atoms with Crippen molar-refractivity contribution in [3.63, 3.8) is 0 Å². The molecule has 0 radical (unpaired) electrons. The van der Waals surface area contributed by atoms with Gasteiger partial charge in [-0.3, -0.25) is 4.99 Å². The second-order valence-corrected chi connectivity index (χ2v) is 6.25. The van der Waals surface area contributed by atoms with Crippen LogP contribution in [0.15, 0.2) is 23.2 Å². The normalized spacial score (nSPS) is 15.0. The molecule has 0 spiro atoms. The number of hydrogen-bond acceptors (Lipinski definition) is 3. The van der Waals surface area contributed by atoms with E-state index < -0.39 is 0 Å². The van der Waals surface area contributed by atoms with E-state index in [1.165, 1.54) is 44.2 Å². The molecule has 1 aliphatic carbocycles. The summed E-state index contributed by atoms with van der Waals surface area (Å²) in [6.07, 6.45) is 7.60. The second-order valence-electron chi connectivity index (χ2n) is 6.25. The van der Waals surface area contributed by atoms with Gasteiger partial charge in [0.2, 0.25) is 0 Å². The van der Waals surface area contributed by atoms with Gasteiger partial charge in [-0.25, -0.2) is 4.39 Å². The van der Waals surface area contributed by atoms with Crippen LogP contribution in [0.2, 0.25) is 0 Å². The summed E-state index contributed by atoms with van der Waals surface area (Å²) in [5.74, 6) is 0.280. The molecule has 26 heavy (non-hydrogen) atoms. The van der Waals surface area contributed by atoms with Gasteiger partial charge in [-0.05, 0) is 37.5 Å². The number of nitrogens with zero attached hydrogens (tertiary/aromatic N) is 2. The van der Waals surface area contributed by atoms with Crippen molar-refractivity contribution in [3.8, 4) is 6.07 Å². The van der Waals surface area contributed by atoms with E-state index in [9.17, 15) is 4.39 Å². The smallest absolute Gasteiger partial charge is 0.191 e. The summed E-state index contributed by atoms with van der Waals surface area (Å²) < 4.78 is 19.7. The number of nitrogens with one attached hydrogen (secondary N) is 2. The first-order valence-electron chi connectivity index (χ1n) is 8.97. The highest BCUT2D eigenvalue weighted by Crippen LogP contribution is 2.20. The number of rotatable bonds is 7. The van der Waals surface area contributed by atoms with E-state index in [0.29, 0.717) is 23.2 Å². The van der Waals surface area contributed by atoms with Gasteiger partial charge in [0.05, 0.1) is 17.7 Å². The summed E-state index contributed by atoms with van der Waals surface area (Å²) in [6, 6.07) is 6.35. The molecule has 1 fully saturated rings. The first-order chi connectivity index (χ1) is 12.2. The first kappa shape index (κ1) is 22.6. The summed E-state index contributed by atoms with van der Waals surface area (Å²) in [4.78, 5) is 4.13. The van der Waals surface area contributed by atoms with Crippen LogP contribution in [0, 0.1) is 17.1 Å². The molecule has 1 aromatic rings. The van der Waals surface area contributed by atoms with Crippen LogP contribution in [-0.4, -0.2) is 32.3 Å². The summed E-state index contributed by atoms with van der Waals surface area (Å²) in [7, 11) is 1.68. The van der Waals surface area contributed by atoms with Crippen molar-refractivity contribution in [2.24, 2.45) is 4.99 Å². The summed E-state index contributed by atoms with van der Waals surface area (Å²) in [5.41, 5.74) is 0.892. The number of nitriles is 1. The van der Waals surface area contributed by atoms with Gasteiger partial charge in [0.1, 0.15) is 5.82 Å². The van der Waals surface area contributed by atoms with Gasteiger partial charge in [0.15, 0.2) is 5.96 Å². The Morgan fingerprint density at radius 1 is 1.31 bits per heavy atom. The number of ether oxygens (including phenoxy) is 1. The molecule has 2 N–H and O–H groups in total. The Labute approximate surface area is 172 Å². The fourth-order valence-electron chi connectivity index (χ4n) is 2.94. The largest absolute Gasteiger partial charge is 0.378 e. The van der Waals surface area contributed by atoms with Crippen LogP contribution >= 0.6 is 24.0 Å². The minimum absolute atomic E-state index is 0. The molecule has 0 atom stereocenters. The van der Waals surface area contributed by atoms with Gasteiger partial charge in [-0.15, -0.1) is 24.0 Å². The first-order valence-corrected chi connectivity index (χ1v) is 8.97. The predicted molar refractivity (Wildman–Crippen MR) is 112 cm³/mol. The number of benzene rings is 1. The Balaban J connectivity index is 0.00000338. The Kier molecular flexibility index (Phi) is 11.2. The lowest BCUT2D eigenvalue weighted by Gasteiger charge is -2.22. The average Bonchev–Trinajstić information content (AvgIpc) is 2.66. The van der Waals surface area contributed by atoms with Crippen LogP contribution in [0.3, 0.4) is 0 Å². The van der Waals surface area contributed by atoms with E-state index >= 15 is 0 Å². The molecular weight excluding hydrogens is 446 g/mol. The topological polar surface area (TPSA) is 69.4 Å². The van der Waals surface area contributed by atoms with Crippen molar-refractivity contribution in [3.05, 3.63) is 35.1 Å². The van der Waals surface area contributed by atoms with Crippen LogP contribution in [-0.2, 0) is 11.3 Å². The van der Waals surface area contributed by atoms with E-state index in [-0.39, 0.29) is 36.3 Å². The number of halogens is 2. The zero-order valence-corrected chi connectivity index (χ0v) is 17.6. The molecular formula is C19H28FIN4O. The average molecular weight is 474 g/mol. The molecule has 0 amide bonds. The second kappa shape index (κ2) is 12.9. The molecule has 0 aromatic heterocycles. The van der Waals surface area contributed by atoms with Crippen molar-refractivity contribution in [1.82, 2.24) is 10.6 Å². The van der Waals surface area contributed by atoms with E-state index in [4.69, 9.17) is 10.00 Å². The van der Waals surface area contributed by atoms with Crippen LogP contribution in [0.25, 0.3) is 0 Å². The molecule has 0 bridgehead atoms. The highest BCUT2D eigenvalue weighted by Gasteiger charge is 2.13. The molecule has 0 saturated heterocycles. The van der Waals surface area contributed by atoms with Gasteiger partial charge in [0.25, 0.3) is 0 Å². The number of guanidine groups is 1. The van der Waals surface area contributed by atoms with Crippen LogP contribution in [0.5, 0.6) is 0 Å². The third-order valence-corrected chi connectivity index (χ3v) is 4.36. The van der Waals surface area contributed by atoms with E-state index in [1.54, 1.807) is 13.1 Å². The fourth-order valence-corrected chi connectivity index (χ4v) is 2.94. The number of hydrogen-bond donors (Lipinski definition) is 2. The molecule has 0 aliphatic heterocycles. The summed E-state index contributed by atoms with van der Waals surface area (Å²) >= 11 is 0. The Bertz CT molecular complexity index is 612. The zero-order chi connectivity index (χ0) is 17.9. The highest BCUT2D eigenvalue weighted by molar-refractivity contribution is 14.0. The van der Waals surface area contributed by atoms with Gasteiger partial charge in [0, 0.05) is 32.3 Å². The van der Waals surface area contributed by atoms with Gasteiger partial charge >= 0.3 is 0 Å². The maximum Gasteiger partial charge on any atom is 0.191 e. The standard InChI is InChI=1S/C19H27FN4O.HI/c1-22-19(23-10-5-11-25-17-6-3-2-4-7-17)24-14-16-12-15(13-21)8-9-18(16)20;/h8-9,12,17H,2-7,10-11,14H2,1H3,(H2,22,23,24);1H. The molecule has 1 aliphatic rings. The quantitative estimate of drug-likeness (QED) is 0.274. The molecule has 144 valence electrons. The van der Waals surface area contributed by atoms with Crippen LogP contribution < -0.4 is 10.6 Å². The van der Waals surface area contributed by atoms with Crippen molar-refractivity contribution in [2.45, 2.75) is 51.2 Å². The SMILES string of the molecule is CN=C(NCCCOC1CCCCC1)NCc1cc(C#N)ccc1F.I. The Hall–Kier alpha value is -1.40. The lowest BCUT2D eigenvalue weighted by atomic mass is 9.98. The van der Waals surface area contributed by atoms with Crippen LogP contribution in [0.1, 0.15) is 49.7 Å². The molecule has 7 heteroatoms. The molecule has 1 aromatic carbocycles. The third kappa shape index (κ3) is 7.87. The van der Waals surface area contributed by atoms with Crippen LogP contribution in [0.4, 0.5) is 4.39 Å². The molecule has 0 unspecified atom stereocenters. The van der Waals surface area contributed by atoms with E-state index in [2.05, 4.69) is 15.6 Å². The third-order valence-electron chi connectivity index (χ3n) is 4.36. The predicted octanol–water partition coefficient (Wildman–Crippen LogP) is 3.72. The van der Waals surface area contributed by atoms with Gasteiger partial charge in [-0.1, -0.05) is 19.3 Å². The van der Waals surface area contributed by atoms with E-state index in [0.717, 1.165) is 19.6 Å². The molecule has 2 rings (SSSR count). The zero-order valence-electron chi connectivity index (χ0n) is 15.3. The monoisotopic (exact) mass is 474 g/mol. The lowest BCUT2D eigenvalue weighted by molar-refractivity contribution is 0.0277. The highest BCUT2D eigenvalue weighted by atomic mass is 127.